The second kappa shape index (κ2) is 2.61. The predicted octanol–water partition coefficient (Wildman–Crippen LogP) is 1.62. The van der Waals surface area contributed by atoms with E-state index < -0.39 is 0 Å². The lowest BCUT2D eigenvalue weighted by atomic mass is 9.84. The lowest BCUT2D eigenvalue weighted by molar-refractivity contribution is -0.147. The minimum atomic E-state index is -0.0284. The maximum absolute atomic E-state index is 11.4. The molecule has 0 aromatic carbocycles. The fraction of sp³-hybridized carbons (Fsp3) is 0.700. The lowest BCUT2D eigenvalue weighted by Gasteiger charge is -2.21. The highest BCUT2D eigenvalue weighted by atomic mass is 16.5. The van der Waals surface area contributed by atoms with Gasteiger partial charge in [0.2, 0.25) is 0 Å². The number of hydrogen-bond donors (Lipinski definition) is 0. The van der Waals surface area contributed by atoms with Gasteiger partial charge in [-0.05, 0) is 24.2 Å². The number of allylic oxidation sites excluding steroid dienone is 2. The third kappa shape index (κ3) is 0.904. The molecular formula is C10H14O2. The first-order valence-electron chi connectivity index (χ1n) is 4.50. The number of carbonyl (C=O) groups excluding carboxylic acids is 1. The van der Waals surface area contributed by atoms with Crippen molar-refractivity contribution in [3.05, 3.63) is 12.2 Å². The van der Waals surface area contributed by atoms with Gasteiger partial charge >= 0.3 is 5.97 Å². The molecule has 0 aliphatic heterocycles. The van der Waals surface area contributed by atoms with Gasteiger partial charge in [-0.25, -0.2) is 0 Å². The van der Waals surface area contributed by atoms with E-state index in [2.05, 4.69) is 19.1 Å². The van der Waals surface area contributed by atoms with Crippen molar-refractivity contribution < 1.29 is 9.53 Å². The Balaban J connectivity index is 2.18. The van der Waals surface area contributed by atoms with Crippen LogP contribution in [0.4, 0.5) is 0 Å². The van der Waals surface area contributed by atoms with Gasteiger partial charge in [-0.15, -0.1) is 0 Å². The van der Waals surface area contributed by atoms with E-state index in [0.29, 0.717) is 17.8 Å². The number of ether oxygens (including phenoxy) is 1. The van der Waals surface area contributed by atoms with Gasteiger partial charge in [0, 0.05) is 0 Å². The third-order valence-electron chi connectivity index (χ3n) is 3.33. The molecule has 0 N–H and O–H groups in total. The molecule has 12 heavy (non-hydrogen) atoms. The van der Waals surface area contributed by atoms with Crippen LogP contribution in [0.5, 0.6) is 0 Å². The molecule has 0 heterocycles. The number of rotatable bonds is 1. The summed E-state index contributed by atoms with van der Waals surface area (Å²) in [6.45, 7) is 2.15. The molecular weight excluding hydrogens is 152 g/mol. The second-order valence-corrected chi connectivity index (χ2v) is 3.86. The summed E-state index contributed by atoms with van der Waals surface area (Å²) in [7, 11) is 1.48. The number of fused-ring (bicyclic) bond motifs is 2. The molecule has 2 heteroatoms. The summed E-state index contributed by atoms with van der Waals surface area (Å²) in [4.78, 5) is 11.4. The second-order valence-electron chi connectivity index (χ2n) is 3.86. The molecule has 0 amide bonds. The highest BCUT2D eigenvalue weighted by Gasteiger charge is 2.46. The van der Waals surface area contributed by atoms with Crippen molar-refractivity contribution in [2.75, 3.05) is 7.11 Å². The van der Waals surface area contributed by atoms with Crippen LogP contribution in [-0.2, 0) is 9.53 Å². The van der Waals surface area contributed by atoms with E-state index in [0.717, 1.165) is 6.42 Å². The molecule has 2 nitrogen and oxygen atoms in total. The highest BCUT2D eigenvalue weighted by molar-refractivity contribution is 5.74. The van der Waals surface area contributed by atoms with Crippen molar-refractivity contribution in [2.45, 2.75) is 13.3 Å². The van der Waals surface area contributed by atoms with Crippen molar-refractivity contribution in [2.24, 2.45) is 23.7 Å². The van der Waals surface area contributed by atoms with Crippen LogP contribution < -0.4 is 0 Å². The molecule has 0 radical (unpaired) electrons. The van der Waals surface area contributed by atoms with Crippen LogP contribution in [-0.4, -0.2) is 13.1 Å². The monoisotopic (exact) mass is 166 g/mol. The molecule has 2 bridgehead atoms. The predicted molar refractivity (Wildman–Crippen MR) is 45.4 cm³/mol. The molecule has 2 aliphatic rings. The van der Waals surface area contributed by atoms with Gasteiger partial charge in [0.15, 0.2) is 0 Å². The van der Waals surface area contributed by atoms with Crippen LogP contribution in [0.15, 0.2) is 12.2 Å². The van der Waals surface area contributed by atoms with E-state index >= 15 is 0 Å². The molecule has 66 valence electrons. The van der Waals surface area contributed by atoms with Gasteiger partial charge in [0.05, 0.1) is 13.0 Å². The van der Waals surface area contributed by atoms with Crippen LogP contribution >= 0.6 is 0 Å². The van der Waals surface area contributed by atoms with Crippen molar-refractivity contribution in [1.82, 2.24) is 0 Å². The van der Waals surface area contributed by atoms with Crippen LogP contribution in [0.1, 0.15) is 13.3 Å². The van der Waals surface area contributed by atoms with Gasteiger partial charge in [-0.1, -0.05) is 19.1 Å². The van der Waals surface area contributed by atoms with Gasteiger partial charge in [-0.3, -0.25) is 4.79 Å². The highest BCUT2D eigenvalue weighted by Crippen LogP contribution is 2.47. The van der Waals surface area contributed by atoms with Crippen molar-refractivity contribution in [3.8, 4) is 0 Å². The van der Waals surface area contributed by atoms with Gasteiger partial charge in [0.1, 0.15) is 0 Å². The van der Waals surface area contributed by atoms with Crippen molar-refractivity contribution in [1.29, 1.82) is 0 Å². The van der Waals surface area contributed by atoms with Crippen LogP contribution in [0.25, 0.3) is 0 Å². The Bertz CT molecular complexity index is 232. The molecule has 2 rings (SSSR count). The summed E-state index contributed by atoms with van der Waals surface area (Å²) < 4.78 is 4.78. The first kappa shape index (κ1) is 7.84. The van der Waals surface area contributed by atoms with E-state index in [1.54, 1.807) is 0 Å². The summed E-state index contributed by atoms with van der Waals surface area (Å²) >= 11 is 0. The average molecular weight is 166 g/mol. The van der Waals surface area contributed by atoms with Crippen molar-refractivity contribution >= 4 is 5.97 Å². The number of esters is 1. The lowest BCUT2D eigenvalue weighted by Crippen LogP contribution is -2.26. The molecule has 0 saturated heterocycles. The summed E-state index contributed by atoms with van der Waals surface area (Å²) in [6.07, 6.45) is 5.57. The Morgan fingerprint density at radius 2 is 2.08 bits per heavy atom. The zero-order chi connectivity index (χ0) is 8.72. The van der Waals surface area contributed by atoms with Gasteiger partial charge in [0.25, 0.3) is 0 Å². The Labute approximate surface area is 72.6 Å². The molecule has 0 aromatic heterocycles. The molecule has 0 aromatic rings. The molecule has 2 aliphatic carbocycles. The van der Waals surface area contributed by atoms with E-state index in [4.69, 9.17) is 4.74 Å². The van der Waals surface area contributed by atoms with E-state index in [1.165, 1.54) is 7.11 Å². The largest absolute Gasteiger partial charge is 0.469 e. The SMILES string of the molecule is COC(=O)[C@@H]1C2C=CC(C2)[C@H]1C. The first-order chi connectivity index (χ1) is 5.74. The molecule has 1 saturated carbocycles. The van der Waals surface area contributed by atoms with Gasteiger partial charge < -0.3 is 4.74 Å². The maximum Gasteiger partial charge on any atom is 0.309 e. The molecule has 4 atom stereocenters. The quantitative estimate of drug-likeness (QED) is 0.437. The number of carbonyl (C=O) groups is 1. The zero-order valence-electron chi connectivity index (χ0n) is 7.49. The maximum atomic E-state index is 11.4. The Morgan fingerprint density at radius 3 is 2.58 bits per heavy atom. The van der Waals surface area contributed by atoms with Crippen LogP contribution in [0.2, 0.25) is 0 Å². The Kier molecular flexibility index (Phi) is 1.71. The van der Waals surface area contributed by atoms with Crippen LogP contribution in [0.3, 0.4) is 0 Å². The summed E-state index contributed by atoms with van der Waals surface area (Å²) in [6, 6.07) is 0. The normalized spacial score (nSPS) is 43.5. The topological polar surface area (TPSA) is 26.3 Å². The Morgan fingerprint density at radius 1 is 1.42 bits per heavy atom. The Hall–Kier alpha value is -0.790. The fourth-order valence-electron chi connectivity index (χ4n) is 2.59. The minimum Gasteiger partial charge on any atom is -0.469 e. The third-order valence-corrected chi connectivity index (χ3v) is 3.33. The van der Waals surface area contributed by atoms with Crippen molar-refractivity contribution in [3.63, 3.8) is 0 Å². The van der Waals surface area contributed by atoms with E-state index in [-0.39, 0.29) is 11.9 Å². The van der Waals surface area contributed by atoms with Gasteiger partial charge in [-0.2, -0.15) is 0 Å². The zero-order valence-corrected chi connectivity index (χ0v) is 7.49. The molecule has 0 spiro atoms. The average Bonchev–Trinajstić information content (AvgIpc) is 2.63. The fourth-order valence-corrected chi connectivity index (χ4v) is 2.59. The summed E-state index contributed by atoms with van der Waals surface area (Å²) in [5, 5.41) is 0. The smallest absolute Gasteiger partial charge is 0.309 e. The molecule has 1 fully saturated rings. The molecule has 2 unspecified atom stereocenters. The summed E-state index contributed by atoms with van der Waals surface area (Å²) in [5.41, 5.74) is 0. The summed E-state index contributed by atoms with van der Waals surface area (Å²) in [5.74, 6) is 1.66. The number of hydrogen-bond acceptors (Lipinski definition) is 2. The van der Waals surface area contributed by atoms with E-state index in [9.17, 15) is 4.79 Å². The number of methoxy groups -OCH3 is 1. The minimum absolute atomic E-state index is 0.0284. The van der Waals surface area contributed by atoms with E-state index in [1.807, 2.05) is 0 Å². The first-order valence-corrected chi connectivity index (χ1v) is 4.50. The standard InChI is InChI=1S/C10H14O2/c1-6-7-3-4-8(5-7)9(6)10(11)12-2/h3-4,6-9H,5H2,1-2H3/t6-,7?,8?,9+/m1/s1. The van der Waals surface area contributed by atoms with Crippen LogP contribution in [0, 0.1) is 23.7 Å².